The molecular weight excluding hydrogens is 402 g/mol. The molecule has 5 heteroatoms. The highest BCUT2D eigenvalue weighted by molar-refractivity contribution is 5.74. The molecule has 5 nitrogen and oxygen atoms in total. The van der Waals surface area contributed by atoms with Crippen LogP contribution in [0.25, 0.3) is 0 Å². The van der Waals surface area contributed by atoms with E-state index < -0.39 is 0 Å². The van der Waals surface area contributed by atoms with E-state index in [4.69, 9.17) is 9.47 Å². The van der Waals surface area contributed by atoms with E-state index in [1.165, 1.54) is 25.3 Å². The van der Waals surface area contributed by atoms with Gasteiger partial charge in [0.1, 0.15) is 0 Å². The van der Waals surface area contributed by atoms with E-state index in [1.807, 2.05) is 6.92 Å². The second-order valence-electron chi connectivity index (χ2n) is 8.79. The minimum Gasteiger partial charge on any atom is -0.469 e. The van der Waals surface area contributed by atoms with Crippen LogP contribution in [0.3, 0.4) is 0 Å². The maximum absolute atomic E-state index is 12.1. The number of carbonyl (C=O) groups excluding carboxylic acids is 2. The average molecular weight is 438 g/mol. The molecule has 1 fully saturated rings. The molecule has 0 amide bonds. The Kier molecular flexibility index (Phi) is 8.86. The van der Waals surface area contributed by atoms with Crippen molar-refractivity contribution in [3.8, 4) is 0 Å². The second-order valence-corrected chi connectivity index (χ2v) is 8.79. The molecule has 1 aliphatic heterocycles. The summed E-state index contributed by atoms with van der Waals surface area (Å²) in [5.41, 5.74) is 2.61. The van der Waals surface area contributed by atoms with Crippen molar-refractivity contribution in [2.24, 2.45) is 17.8 Å². The van der Waals surface area contributed by atoms with Crippen LogP contribution in [0.5, 0.6) is 0 Å². The molecule has 0 aromatic heterocycles. The normalized spacial score (nSPS) is 17.0. The standard InChI is InChI=1S/C27H35NO4/c1-20(27(30)32-3)24(19-25(29)31-2)18-21-14-16-28(17-15-21)26(22-10-6-4-7-11-22)23-12-8-5-9-13-23/h4-13,20-21,24,26H,14-19H2,1-3H3. The molecule has 2 aromatic carbocycles. The first-order valence-corrected chi connectivity index (χ1v) is 11.5. The fraction of sp³-hybridized carbons (Fsp3) is 0.481. The number of methoxy groups -OCH3 is 2. The van der Waals surface area contributed by atoms with E-state index in [1.54, 1.807) is 0 Å². The van der Waals surface area contributed by atoms with E-state index in [9.17, 15) is 9.59 Å². The molecule has 1 saturated heterocycles. The molecule has 0 saturated carbocycles. The van der Waals surface area contributed by atoms with Crippen LogP contribution in [0, 0.1) is 17.8 Å². The molecular formula is C27H35NO4. The van der Waals surface area contributed by atoms with Gasteiger partial charge >= 0.3 is 11.9 Å². The van der Waals surface area contributed by atoms with Gasteiger partial charge in [0.25, 0.3) is 0 Å². The first kappa shape index (κ1) is 24.0. The summed E-state index contributed by atoms with van der Waals surface area (Å²) in [7, 11) is 2.80. The SMILES string of the molecule is COC(=O)CC(CC1CCN(C(c2ccccc2)c2ccccc2)CC1)C(C)C(=O)OC. The van der Waals surface area contributed by atoms with Crippen molar-refractivity contribution in [2.75, 3.05) is 27.3 Å². The van der Waals surface area contributed by atoms with Gasteiger partial charge in [-0.2, -0.15) is 0 Å². The number of piperidine rings is 1. The lowest BCUT2D eigenvalue weighted by atomic mass is 9.79. The third kappa shape index (κ3) is 6.19. The largest absolute Gasteiger partial charge is 0.469 e. The van der Waals surface area contributed by atoms with Crippen LogP contribution in [0.15, 0.2) is 60.7 Å². The maximum Gasteiger partial charge on any atom is 0.308 e. The lowest BCUT2D eigenvalue weighted by molar-refractivity contribution is -0.149. The first-order chi connectivity index (χ1) is 15.5. The maximum atomic E-state index is 12.1. The fourth-order valence-corrected chi connectivity index (χ4v) is 4.90. The Hall–Kier alpha value is -2.66. The van der Waals surface area contributed by atoms with Gasteiger partial charge in [-0.1, -0.05) is 67.6 Å². The van der Waals surface area contributed by atoms with Crippen molar-refractivity contribution in [3.63, 3.8) is 0 Å². The van der Waals surface area contributed by atoms with Crippen LogP contribution in [0.4, 0.5) is 0 Å². The van der Waals surface area contributed by atoms with Crippen LogP contribution in [-0.2, 0) is 19.1 Å². The van der Waals surface area contributed by atoms with Crippen molar-refractivity contribution < 1.29 is 19.1 Å². The first-order valence-electron chi connectivity index (χ1n) is 11.5. The number of esters is 2. The number of likely N-dealkylation sites (tertiary alicyclic amines) is 1. The Morgan fingerprint density at radius 3 is 1.91 bits per heavy atom. The van der Waals surface area contributed by atoms with Gasteiger partial charge in [-0.05, 0) is 55.3 Å². The van der Waals surface area contributed by atoms with Gasteiger partial charge in [-0.3, -0.25) is 14.5 Å². The minimum absolute atomic E-state index is 0.0644. The number of nitrogens with zero attached hydrogens (tertiary/aromatic N) is 1. The van der Waals surface area contributed by atoms with E-state index in [2.05, 4.69) is 65.6 Å². The number of hydrogen-bond acceptors (Lipinski definition) is 5. The van der Waals surface area contributed by atoms with Crippen LogP contribution in [-0.4, -0.2) is 44.1 Å². The van der Waals surface area contributed by atoms with Gasteiger partial charge in [0.15, 0.2) is 0 Å². The molecule has 0 bridgehead atoms. The monoisotopic (exact) mass is 437 g/mol. The summed E-state index contributed by atoms with van der Waals surface area (Å²) in [6.07, 6.45) is 3.17. The quantitative estimate of drug-likeness (QED) is 0.524. The summed E-state index contributed by atoms with van der Waals surface area (Å²) < 4.78 is 9.83. The van der Waals surface area contributed by atoms with Gasteiger partial charge in [-0.25, -0.2) is 0 Å². The highest BCUT2D eigenvalue weighted by atomic mass is 16.5. The molecule has 0 spiro atoms. The van der Waals surface area contributed by atoms with E-state index in [0.29, 0.717) is 5.92 Å². The summed E-state index contributed by atoms with van der Waals surface area (Å²) in [5, 5.41) is 0. The Bertz CT molecular complexity index is 807. The topological polar surface area (TPSA) is 55.8 Å². The van der Waals surface area contributed by atoms with E-state index in [-0.39, 0.29) is 36.2 Å². The molecule has 1 aliphatic rings. The van der Waals surface area contributed by atoms with Gasteiger partial charge in [0.2, 0.25) is 0 Å². The zero-order chi connectivity index (χ0) is 22.9. The minimum atomic E-state index is -0.321. The molecule has 2 unspecified atom stereocenters. The van der Waals surface area contributed by atoms with Crippen molar-refractivity contribution in [1.82, 2.24) is 4.90 Å². The van der Waals surface area contributed by atoms with Crippen LogP contribution < -0.4 is 0 Å². The third-order valence-electron chi connectivity index (χ3n) is 6.82. The predicted octanol–water partition coefficient (Wildman–Crippen LogP) is 4.87. The summed E-state index contributed by atoms with van der Waals surface area (Å²) in [6, 6.07) is 21.6. The highest BCUT2D eigenvalue weighted by Crippen LogP contribution is 2.36. The van der Waals surface area contributed by atoms with Gasteiger partial charge in [0, 0.05) is 6.42 Å². The van der Waals surface area contributed by atoms with Gasteiger partial charge in [0.05, 0.1) is 26.2 Å². The number of ether oxygens (including phenoxy) is 2. The van der Waals surface area contributed by atoms with E-state index >= 15 is 0 Å². The fourth-order valence-electron chi connectivity index (χ4n) is 4.90. The number of rotatable bonds is 9. The third-order valence-corrected chi connectivity index (χ3v) is 6.82. The summed E-state index contributed by atoms with van der Waals surface area (Å²) >= 11 is 0. The Balaban J connectivity index is 1.69. The van der Waals surface area contributed by atoms with Crippen LogP contribution in [0.2, 0.25) is 0 Å². The smallest absolute Gasteiger partial charge is 0.308 e. The van der Waals surface area contributed by atoms with Crippen molar-refractivity contribution in [3.05, 3.63) is 71.8 Å². The van der Waals surface area contributed by atoms with Gasteiger partial charge < -0.3 is 9.47 Å². The van der Waals surface area contributed by atoms with Crippen molar-refractivity contribution in [2.45, 2.75) is 38.6 Å². The molecule has 0 N–H and O–H groups in total. The van der Waals surface area contributed by atoms with Crippen LogP contribution >= 0.6 is 0 Å². The number of hydrogen-bond donors (Lipinski definition) is 0. The second kappa shape index (κ2) is 11.8. The summed E-state index contributed by atoms with van der Waals surface area (Å²) in [4.78, 5) is 26.6. The van der Waals surface area contributed by atoms with Gasteiger partial charge in [-0.15, -0.1) is 0 Å². The molecule has 32 heavy (non-hydrogen) atoms. The number of benzene rings is 2. The molecule has 3 rings (SSSR count). The Labute approximate surface area is 191 Å². The highest BCUT2D eigenvalue weighted by Gasteiger charge is 2.33. The lowest BCUT2D eigenvalue weighted by Gasteiger charge is -2.39. The zero-order valence-electron chi connectivity index (χ0n) is 19.4. The predicted molar refractivity (Wildman–Crippen MR) is 125 cm³/mol. The average Bonchev–Trinajstić information content (AvgIpc) is 2.85. The Morgan fingerprint density at radius 2 is 1.44 bits per heavy atom. The summed E-state index contributed by atoms with van der Waals surface area (Å²) in [5.74, 6) is -0.440. The van der Waals surface area contributed by atoms with E-state index in [0.717, 1.165) is 32.4 Å². The van der Waals surface area contributed by atoms with Crippen molar-refractivity contribution in [1.29, 1.82) is 0 Å². The lowest BCUT2D eigenvalue weighted by Crippen LogP contribution is -2.38. The zero-order valence-corrected chi connectivity index (χ0v) is 19.4. The molecule has 2 aromatic rings. The van der Waals surface area contributed by atoms with Crippen LogP contribution in [0.1, 0.15) is 49.8 Å². The van der Waals surface area contributed by atoms with Crippen molar-refractivity contribution >= 4 is 11.9 Å². The molecule has 0 aliphatic carbocycles. The molecule has 0 radical (unpaired) electrons. The molecule has 172 valence electrons. The molecule has 2 atom stereocenters. The molecule has 1 heterocycles. The summed E-state index contributed by atoms with van der Waals surface area (Å²) in [6.45, 7) is 3.82. The number of carbonyl (C=O) groups is 2. The Morgan fingerprint density at radius 1 is 0.906 bits per heavy atom.